The lowest BCUT2D eigenvalue weighted by Crippen LogP contribution is -2.21. The first-order valence-electron chi connectivity index (χ1n) is 6.14. The van der Waals surface area contributed by atoms with Gasteiger partial charge in [-0.05, 0) is 18.6 Å². The number of hydrogen-bond acceptors (Lipinski definition) is 5. The van der Waals surface area contributed by atoms with E-state index in [1.165, 1.54) is 0 Å². The number of nitrogens with one attached hydrogen (secondary N) is 1. The lowest BCUT2D eigenvalue weighted by Gasteiger charge is -2.11. The molecule has 0 saturated carbocycles. The SMILES string of the molecule is COCCCC(=O)Nc1ccccc1OC/C(N)=N/O. The van der Waals surface area contributed by atoms with Crippen LogP contribution in [0.15, 0.2) is 29.4 Å². The number of carbonyl (C=O) groups excluding carboxylic acids is 1. The molecule has 1 aromatic carbocycles. The van der Waals surface area contributed by atoms with Gasteiger partial charge in [0.1, 0.15) is 12.4 Å². The summed E-state index contributed by atoms with van der Waals surface area (Å²) in [5.74, 6) is 0.285. The van der Waals surface area contributed by atoms with Crippen LogP contribution in [0.2, 0.25) is 0 Å². The van der Waals surface area contributed by atoms with E-state index in [1.807, 2.05) is 0 Å². The highest BCUT2D eigenvalue weighted by molar-refractivity contribution is 5.92. The van der Waals surface area contributed by atoms with Crippen LogP contribution >= 0.6 is 0 Å². The van der Waals surface area contributed by atoms with E-state index in [0.29, 0.717) is 30.9 Å². The second-order valence-corrected chi connectivity index (χ2v) is 4.02. The number of amidine groups is 1. The van der Waals surface area contributed by atoms with E-state index in [1.54, 1.807) is 31.4 Å². The molecule has 0 aliphatic carbocycles. The smallest absolute Gasteiger partial charge is 0.224 e. The van der Waals surface area contributed by atoms with E-state index in [4.69, 9.17) is 20.4 Å². The molecule has 0 aromatic heterocycles. The van der Waals surface area contributed by atoms with Gasteiger partial charge in [-0.3, -0.25) is 4.79 Å². The standard InChI is InChI=1S/C13H19N3O4/c1-19-8-4-7-13(17)15-10-5-2-3-6-11(10)20-9-12(14)16-18/h2-3,5-6,18H,4,7-9H2,1H3,(H2,14,16)(H,15,17). The van der Waals surface area contributed by atoms with Gasteiger partial charge >= 0.3 is 0 Å². The summed E-state index contributed by atoms with van der Waals surface area (Å²) >= 11 is 0. The van der Waals surface area contributed by atoms with Gasteiger partial charge in [0.25, 0.3) is 0 Å². The van der Waals surface area contributed by atoms with Crippen LogP contribution in [0, 0.1) is 0 Å². The summed E-state index contributed by atoms with van der Waals surface area (Å²) in [7, 11) is 1.59. The number of rotatable bonds is 8. The van der Waals surface area contributed by atoms with Crippen LogP contribution in [0.3, 0.4) is 0 Å². The number of nitrogens with two attached hydrogens (primary N) is 1. The number of nitrogens with zero attached hydrogens (tertiary/aromatic N) is 1. The Bertz CT molecular complexity index is 463. The van der Waals surface area contributed by atoms with Crippen LogP contribution in [0.25, 0.3) is 0 Å². The lowest BCUT2D eigenvalue weighted by molar-refractivity contribution is -0.116. The molecule has 1 amide bonds. The molecule has 7 heteroatoms. The van der Waals surface area contributed by atoms with Gasteiger partial charge in [-0.25, -0.2) is 0 Å². The van der Waals surface area contributed by atoms with Gasteiger partial charge in [-0.15, -0.1) is 0 Å². The van der Waals surface area contributed by atoms with Gasteiger partial charge in [-0.1, -0.05) is 17.3 Å². The van der Waals surface area contributed by atoms with Gasteiger partial charge in [0.2, 0.25) is 5.91 Å². The van der Waals surface area contributed by atoms with Crippen molar-refractivity contribution in [3.8, 4) is 5.75 Å². The largest absolute Gasteiger partial charge is 0.483 e. The first kappa shape index (κ1) is 15.8. The van der Waals surface area contributed by atoms with Crippen molar-refractivity contribution in [2.75, 3.05) is 25.6 Å². The van der Waals surface area contributed by atoms with Gasteiger partial charge < -0.3 is 25.7 Å². The minimum atomic E-state index is -0.123. The maximum atomic E-state index is 11.7. The number of methoxy groups -OCH3 is 1. The Labute approximate surface area is 117 Å². The third kappa shape index (κ3) is 5.57. The van der Waals surface area contributed by atoms with Crippen LogP contribution in [-0.2, 0) is 9.53 Å². The zero-order valence-electron chi connectivity index (χ0n) is 11.3. The normalized spacial score (nSPS) is 11.2. The second-order valence-electron chi connectivity index (χ2n) is 4.02. The van der Waals surface area contributed by atoms with Crippen LogP contribution in [-0.4, -0.2) is 37.3 Å². The Balaban J connectivity index is 2.58. The lowest BCUT2D eigenvalue weighted by atomic mass is 10.2. The summed E-state index contributed by atoms with van der Waals surface area (Å²) in [6.45, 7) is 0.474. The highest BCUT2D eigenvalue weighted by Crippen LogP contribution is 2.23. The molecule has 0 spiro atoms. The van der Waals surface area contributed by atoms with E-state index < -0.39 is 0 Å². The van der Waals surface area contributed by atoms with Crippen molar-refractivity contribution in [1.29, 1.82) is 0 Å². The van der Waals surface area contributed by atoms with Gasteiger partial charge in [0, 0.05) is 20.1 Å². The Kier molecular flexibility index (Phi) is 6.91. The molecular weight excluding hydrogens is 262 g/mol. The first-order chi connectivity index (χ1) is 9.67. The van der Waals surface area contributed by atoms with Gasteiger partial charge in [0.05, 0.1) is 5.69 Å². The minimum absolute atomic E-state index is 0.0498. The van der Waals surface area contributed by atoms with Crippen molar-refractivity contribution >= 4 is 17.4 Å². The highest BCUT2D eigenvalue weighted by atomic mass is 16.5. The van der Waals surface area contributed by atoms with Crippen LogP contribution < -0.4 is 15.8 Å². The number of carbonyl (C=O) groups is 1. The molecular formula is C13H19N3O4. The maximum absolute atomic E-state index is 11.7. The summed E-state index contributed by atoms with van der Waals surface area (Å²) in [5.41, 5.74) is 5.87. The number of para-hydroxylation sites is 2. The molecule has 4 N–H and O–H groups in total. The van der Waals surface area contributed by atoms with Crippen molar-refractivity contribution in [3.05, 3.63) is 24.3 Å². The minimum Gasteiger partial charge on any atom is -0.483 e. The Hall–Kier alpha value is -2.28. The van der Waals surface area contributed by atoms with Crippen molar-refractivity contribution < 1.29 is 19.5 Å². The Morgan fingerprint density at radius 2 is 2.20 bits per heavy atom. The molecule has 20 heavy (non-hydrogen) atoms. The zero-order chi connectivity index (χ0) is 14.8. The number of anilines is 1. The predicted octanol–water partition coefficient (Wildman–Crippen LogP) is 1.18. The summed E-state index contributed by atoms with van der Waals surface area (Å²) in [5, 5.41) is 14.0. The van der Waals surface area contributed by atoms with E-state index in [0.717, 1.165) is 0 Å². The molecule has 110 valence electrons. The van der Waals surface area contributed by atoms with Crippen molar-refractivity contribution in [2.24, 2.45) is 10.9 Å². The number of hydrogen-bond donors (Lipinski definition) is 3. The molecule has 0 fully saturated rings. The van der Waals surface area contributed by atoms with Crippen molar-refractivity contribution in [3.63, 3.8) is 0 Å². The van der Waals surface area contributed by atoms with Crippen molar-refractivity contribution in [1.82, 2.24) is 0 Å². The Morgan fingerprint density at radius 3 is 2.90 bits per heavy atom. The fourth-order valence-corrected chi connectivity index (χ4v) is 1.47. The summed E-state index contributed by atoms with van der Waals surface area (Å²) in [6, 6.07) is 6.95. The monoisotopic (exact) mass is 281 g/mol. The zero-order valence-corrected chi connectivity index (χ0v) is 11.3. The van der Waals surface area contributed by atoms with Crippen molar-refractivity contribution in [2.45, 2.75) is 12.8 Å². The quantitative estimate of drug-likeness (QED) is 0.218. The van der Waals surface area contributed by atoms with Crippen LogP contribution in [0.1, 0.15) is 12.8 Å². The first-order valence-corrected chi connectivity index (χ1v) is 6.14. The number of ether oxygens (including phenoxy) is 2. The molecule has 0 unspecified atom stereocenters. The molecule has 7 nitrogen and oxygen atoms in total. The summed E-state index contributed by atoms with van der Waals surface area (Å²) in [4.78, 5) is 11.7. The maximum Gasteiger partial charge on any atom is 0.224 e. The fraction of sp³-hybridized carbons (Fsp3) is 0.385. The molecule has 1 aromatic rings. The fourth-order valence-electron chi connectivity index (χ4n) is 1.47. The molecule has 0 atom stereocenters. The number of amides is 1. The average molecular weight is 281 g/mol. The molecule has 1 rings (SSSR count). The van der Waals surface area contributed by atoms with E-state index in [2.05, 4.69) is 10.5 Å². The molecule has 0 aliphatic rings. The van der Waals surface area contributed by atoms with Gasteiger partial charge in [0.15, 0.2) is 5.84 Å². The molecule has 0 saturated heterocycles. The summed E-state index contributed by atoms with van der Waals surface area (Å²) in [6.07, 6.45) is 1.01. The topological polar surface area (TPSA) is 106 Å². The second kappa shape index (κ2) is 8.76. The average Bonchev–Trinajstić information content (AvgIpc) is 2.46. The highest BCUT2D eigenvalue weighted by Gasteiger charge is 2.08. The van der Waals surface area contributed by atoms with Crippen LogP contribution in [0.4, 0.5) is 5.69 Å². The van der Waals surface area contributed by atoms with Gasteiger partial charge in [-0.2, -0.15) is 0 Å². The third-order valence-electron chi connectivity index (χ3n) is 2.42. The number of oxime groups is 1. The molecule has 0 heterocycles. The molecule has 0 bridgehead atoms. The van der Waals surface area contributed by atoms with Crippen LogP contribution in [0.5, 0.6) is 5.75 Å². The molecule has 0 radical (unpaired) electrons. The summed E-state index contributed by atoms with van der Waals surface area (Å²) < 4.78 is 10.2. The predicted molar refractivity (Wildman–Crippen MR) is 75.1 cm³/mol. The van der Waals surface area contributed by atoms with E-state index in [9.17, 15) is 4.79 Å². The molecule has 0 aliphatic heterocycles. The third-order valence-corrected chi connectivity index (χ3v) is 2.42. The Morgan fingerprint density at radius 1 is 1.45 bits per heavy atom. The van der Waals surface area contributed by atoms with E-state index in [-0.39, 0.29) is 18.3 Å². The number of benzene rings is 1. The van der Waals surface area contributed by atoms with E-state index >= 15 is 0 Å².